The van der Waals surface area contributed by atoms with E-state index >= 15 is 0 Å². The molecule has 0 bridgehead atoms. The van der Waals surface area contributed by atoms with Gasteiger partial charge in [0.05, 0.1) is 5.52 Å². The maximum atomic E-state index is 13.0. The molecule has 0 saturated carbocycles. The Balaban J connectivity index is 1.76. The first-order valence-corrected chi connectivity index (χ1v) is 8.89. The lowest BCUT2D eigenvalue weighted by Crippen LogP contribution is -2.27. The number of hydrogen-bond donors (Lipinski definition) is 1. The highest BCUT2D eigenvalue weighted by Crippen LogP contribution is 2.29. The summed E-state index contributed by atoms with van der Waals surface area (Å²) in [6.07, 6.45) is 0. The second-order valence-electron chi connectivity index (χ2n) is 5.67. The van der Waals surface area contributed by atoms with Gasteiger partial charge < -0.3 is 10.6 Å². The molecule has 2 heterocycles. The van der Waals surface area contributed by atoms with Gasteiger partial charge in [-0.15, -0.1) is 0 Å². The van der Waals surface area contributed by atoms with Gasteiger partial charge in [0.25, 0.3) is 5.91 Å². The van der Waals surface area contributed by atoms with E-state index < -0.39 is 0 Å². The van der Waals surface area contributed by atoms with Gasteiger partial charge in [-0.25, -0.2) is 9.97 Å². The number of carbonyl (C=O) groups is 1. The van der Waals surface area contributed by atoms with E-state index in [0.717, 1.165) is 20.1 Å². The van der Waals surface area contributed by atoms with Gasteiger partial charge >= 0.3 is 0 Å². The van der Waals surface area contributed by atoms with Crippen LogP contribution in [0.25, 0.3) is 10.9 Å². The van der Waals surface area contributed by atoms with Crippen molar-refractivity contribution in [1.82, 2.24) is 14.9 Å². The number of carbonyl (C=O) groups excluding carboxylic acids is 1. The Morgan fingerprint density at radius 1 is 1.00 bits per heavy atom. The van der Waals surface area contributed by atoms with E-state index in [4.69, 9.17) is 5.73 Å². The zero-order valence-electron chi connectivity index (χ0n) is 12.5. The molecule has 1 aliphatic heterocycles. The molecule has 120 valence electrons. The average Bonchev–Trinajstić information content (AvgIpc) is 2.97. The molecule has 2 aromatic carbocycles. The Morgan fingerprint density at radius 2 is 1.71 bits per heavy atom. The third-order valence-corrected chi connectivity index (χ3v) is 5.04. The number of halogens is 2. The fourth-order valence-electron chi connectivity index (χ4n) is 2.94. The molecule has 3 aromatic rings. The molecule has 1 aliphatic rings. The molecular weight excluding hydrogens is 436 g/mol. The van der Waals surface area contributed by atoms with Crippen molar-refractivity contribution in [2.45, 2.75) is 13.1 Å². The number of aromatic nitrogens is 2. The van der Waals surface area contributed by atoms with Gasteiger partial charge in [0.1, 0.15) is 5.69 Å². The summed E-state index contributed by atoms with van der Waals surface area (Å²) >= 11 is 6.90. The summed E-state index contributed by atoms with van der Waals surface area (Å²) in [5.41, 5.74) is 9.09. The monoisotopic (exact) mass is 446 g/mol. The average molecular weight is 448 g/mol. The second kappa shape index (κ2) is 5.82. The first-order chi connectivity index (χ1) is 11.5. The highest BCUT2D eigenvalue weighted by atomic mass is 79.9. The van der Waals surface area contributed by atoms with E-state index in [1.807, 2.05) is 36.4 Å². The first-order valence-electron chi connectivity index (χ1n) is 7.30. The lowest BCUT2D eigenvalue weighted by Gasteiger charge is -2.16. The summed E-state index contributed by atoms with van der Waals surface area (Å²) in [7, 11) is 0. The Bertz CT molecular complexity index is 990. The minimum atomic E-state index is -0.139. The van der Waals surface area contributed by atoms with Gasteiger partial charge in [-0.2, -0.15) is 0 Å². The van der Waals surface area contributed by atoms with Crippen molar-refractivity contribution in [2.75, 3.05) is 5.73 Å². The number of anilines is 1. The summed E-state index contributed by atoms with van der Waals surface area (Å²) in [5.74, 6) is -0.0350. The topological polar surface area (TPSA) is 72.1 Å². The maximum absolute atomic E-state index is 13.0. The Morgan fingerprint density at radius 3 is 2.54 bits per heavy atom. The molecule has 4 rings (SSSR count). The van der Waals surface area contributed by atoms with Crippen molar-refractivity contribution in [3.05, 3.63) is 62.2 Å². The van der Waals surface area contributed by atoms with E-state index in [0.29, 0.717) is 29.7 Å². The molecule has 0 spiro atoms. The van der Waals surface area contributed by atoms with Crippen molar-refractivity contribution in [1.29, 1.82) is 0 Å². The van der Waals surface area contributed by atoms with Crippen LogP contribution in [-0.4, -0.2) is 20.8 Å². The molecule has 1 amide bonds. The first kappa shape index (κ1) is 15.5. The van der Waals surface area contributed by atoms with E-state index in [2.05, 4.69) is 41.8 Å². The van der Waals surface area contributed by atoms with Crippen LogP contribution in [-0.2, 0) is 13.1 Å². The van der Waals surface area contributed by atoms with E-state index in [1.54, 1.807) is 4.90 Å². The fourth-order valence-corrected chi connectivity index (χ4v) is 3.71. The maximum Gasteiger partial charge on any atom is 0.273 e. The Kier molecular flexibility index (Phi) is 3.77. The predicted molar refractivity (Wildman–Crippen MR) is 99.4 cm³/mol. The molecule has 1 aromatic heterocycles. The van der Waals surface area contributed by atoms with Crippen LogP contribution in [0.2, 0.25) is 0 Å². The van der Waals surface area contributed by atoms with Crippen LogP contribution < -0.4 is 5.73 Å². The number of benzene rings is 2. The highest BCUT2D eigenvalue weighted by Gasteiger charge is 2.27. The standard InChI is InChI=1S/C17H12Br2N4O/c18-11-2-1-9-7-23(8-10(9)5-11)16(24)15-13-6-12(19)3-4-14(13)21-17(20)22-15/h1-6H,7-8H2,(H2,20,21,22). The third kappa shape index (κ3) is 2.67. The predicted octanol–water partition coefficient (Wildman–Crippen LogP) is 3.89. The highest BCUT2D eigenvalue weighted by molar-refractivity contribution is 9.10. The van der Waals surface area contributed by atoms with Crippen molar-refractivity contribution in [2.24, 2.45) is 0 Å². The van der Waals surface area contributed by atoms with Crippen LogP contribution in [0.5, 0.6) is 0 Å². The quantitative estimate of drug-likeness (QED) is 0.614. The molecule has 0 saturated heterocycles. The lowest BCUT2D eigenvalue weighted by molar-refractivity contribution is 0.0747. The van der Waals surface area contributed by atoms with E-state index in [9.17, 15) is 4.79 Å². The summed E-state index contributed by atoms with van der Waals surface area (Å²) in [4.78, 5) is 23.2. The number of amides is 1. The van der Waals surface area contributed by atoms with Crippen molar-refractivity contribution in [3.63, 3.8) is 0 Å². The summed E-state index contributed by atoms with van der Waals surface area (Å²) in [6, 6.07) is 11.6. The normalized spacial score (nSPS) is 13.3. The van der Waals surface area contributed by atoms with Gasteiger partial charge in [0.15, 0.2) is 0 Å². The Hall–Kier alpha value is -1.99. The number of nitrogen functional groups attached to an aromatic ring is 1. The van der Waals surface area contributed by atoms with E-state index in [1.165, 1.54) is 0 Å². The molecule has 0 fully saturated rings. The van der Waals surface area contributed by atoms with Gasteiger partial charge in [0, 0.05) is 27.4 Å². The number of hydrogen-bond acceptors (Lipinski definition) is 4. The minimum Gasteiger partial charge on any atom is -0.368 e. The van der Waals surface area contributed by atoms with Crippen LogP contribution in [0.3, 0.4) is 0 Å². The lowest BCUT2D eigenvalue weighted by atomic mass is 10.1. The van der Waals surface area contributed by atoms with Crippen LogP contribution in [0.15, 0.2) is 45.3 Å². The smallest absolute Gasteiger partial charge is 0.273 e. The molecule has 24 heavy (non-hydrogen) atoms. The Labute approximate surface area is 155 Å². The largest absolute Gasteiger partial charge is 0.368 e. The molecule has 0 unspecified atom stereocenters. The zero-order chi connectivity index (χ0) is 16.8. The fraction of sp³-hybridized carbons (Fsp3) is 0.118. The molecule has 0 atom stereocenters. The minimum absolute atomic E-state index is 0.104. The van der Waals surface area contributed by atoms with E-state index in [-0.39, 0.29) is 11.9 Å². The van der Waals surface area contributed by atoms with Gasteiger partial charge in [0.2, 0.25) is 5.95 Å². The van der Waals surface area contributed by atoms with Gasteiger partial charge in [-0.3, -0.25) is 4.79 Å². The zero-order valence-corrected chi connectivity index (χ0v) is 15.6. The summed E-state index contributed by atoms with van der Waals surface area (Å²) < 4.78 is 1.88. The number of fused-ring (bicyclic) bond motifs is 2. The molecule has 2 N–H and O–H groups in total. The van der Waals surface area contributed by atoms with Gasteiger partial charge in [-0.1, -0.05) is 37.9 Å². The molecule has 0 aliphatic carbocycles. The van der Waals surface area contributed by atoms with Gasteiger partial charge in [-0.05, 0) is 41.5 Å². The number of rotatable bonds is 1. The van der Waals surface area contributed by atoms with Crippen LogP contribution in [0, 0.1) is 0 Å². The van der Waals surface area contributed by atoms with Crippen molar-refractivity contribution >= 4 is 54.6 Å². The molecule has 0 radical (unpaired) electrons. The SMILES string of the molecule is Nc1nc(C(=O)N2Cc3ccc(Br)cc3C2)c2cc(Br)ccc2n1. The number of nitrogens with zero attached hydrogens (tertiary/aromatic N) is 3. The third-order valence-electron chi connectivity index (χ3n) is 4.06. The second-order valence-corrected chi connectivity index (χ2v) is 7.50. The van der Waals surface area contributed by atoms with Crippen LogP contribution >= 0.6 is 31.9 Å². The van der Waals surface area contributed by atoms with Crippen molar-refractivity contribution < 1.29 is 4.79 Å². The molecule has 7 heteroatoms. The van der Waals surface area contributed by atoms with Crippen molar-refractivity contribution in [3.8, 4) is 0 Å². The molecule has 5 nitrogen and oxygen atoms in total. The summed E-state index contributed by atoms with van der Waals surface area (Å²) in [6.45, 7) is 1.13. The molecular formula is C17H12Br2N4O. The summed E-state index contributed by atoms with van der Waals surface area (Å²) in [5, 5.41) is 0.695. The van der Waals surface area contributed by atoms with Crippen LogP contribution in [0.1, 0.15) is 21.6 Å². The number of nitrogens with two attached hydrogens (primary N) is 1. The van der Waals surface area contributed by atoms with Crippen LogP contribution in [0.4, 0.5) is 5.95 Å².